The van der Waals surface area contributed by atoms with Crippen molar-refractivity contribution in [3.05, 3.63) is 64.4 Å². The van der Waals surface area contributed by atoms with Gasteiger partial charge in [-0.25, -0.2) is 8.42 Å². The highest BCUT2D eigenvalue weighted by Gasteiger charge is 2.33. The molecule has 0 spiro atoms. The van der Waals surface area contributed by atoms with E-state index in [1.54, 1.807) is 41.3 Å². The molecule has 9 nitrogen and oxygen atoms in total. The zero-order chi connectivity index (χ0) is 22.9. The Kier molecular flexibility index (Phi) is 5.90. The zero-order valence-electron chi connectivity index (χ0n) is 17.7. The van der Waals surface area contributed by atoms with Crippen molar-refractivity contribution in [2.45, 2.75) is 4.90 Å². The van der Waals surface area contributed by atoms with E-state index in [2.05, 4.69) is 4.98 Å². The van der Waals surface area contributed by atoms with Crippen LogP contribution in [0.1, 0.15) is 10.4 Å². The van der Waals surface area contributed by atoms with Crippen LogP contribution in [0, 0.1) is 0 Å². The minimum atomic E-state index is -3.86. The summed E-state index contributed by atoms with van der Waals surface area (Å²) < 4.78 is 38.2. The highest BCUT2D eigenvalue weighted by atomic mass is 32.2. The molecular formula is C22H23N3O6S. The second-order valence-corrected chi connectivity index (χ2v) is 9.21. The number of benzene rings is 2. The topological polar surface area (TPSA) is 109 Å². The van der Waals surface area contributed by atoms with Gasteiger partial charge in [-0.1, -0.05) is 18.2 Å². The molecule has 0 radical (unpaired) electrons. The van der Waals surface area contributed by atoms with E-state index in [0.717, 1.165) is 0 Å². The molecule has 3 aromatic rings. The molecule has 0 aliphatic carbocycles. The normalized spacial score (nSPS) is 15.0. The van der Waals surface area contributed by atoms with E-state index in [0.29, 0.717) is 22.2 Å². The van der Waals surface area contributed by atoms with Gasteiger partial charge in [0.2, 0.25) is 15.6 Å². The Morgan fingerprint density at radius 3 is 2.38 bits per heavy atom. The smallest absolute Gasteiger partial charge is 0.254 e. The third kappa shape index (κ3) is 3.94. The number of H-pyrrole nitrogens is 1. The molecule has 1 saturated heterocycles. The number of aromatic nitrogens is 1. The first-order valence-corrected chi connectivity index (χ1v) is 11.4. The number of para-hydroxylation sites is 1. The van der Waals surface area contributed by atoms with Gasteiger partial charge in [0.25, 0.3) is 5.91 Å². The lowest BCUT2D eigenvalue weighted by Crippen LogP contribution is -2.50. The summed E-state index contributed by atoms with van der Waals surface area (Å²) in [4.78, 5) is 29.4. The Morgan fingerprint density at radius 2 is 1.69 bits per heavy atom. The van der Waals surface area contributed by atoms with Crippen molar-refractivity contribution in [2.75, 3.05) is 40.4 Å². The van der Waals surface area contributed by atoms with Gasteiger partial charge in [-0.15, -0.1) is 0 Å². The molecule has 1 aromatic heterocycles. The molecule has 2 heterocycles. The summed E-state index contributed by atoms with van der Waals surface area (Å²) in [5.41, 5.74) is 0.517. The summed E-state index contributed by atoms with van der Waals surface area (Å²) in [6.45, 7) is 0.641. The number of nitrogens with one attached hydrogen (secondary N) is 1. The van der Waals surface area contributed by atoms with Crippen molar-refractivity contribution in [3.8, 4) is 11.5 Å². The summed E-state index contributed by atoms with van der Waals surface area (Å²) >= 11 is 0. The fourth-order valence-electron chi connectivity index (χ4n) is 3.81. The Bertz CT molecular complexity index is 1330. The predicted molar refractivity (Wildman–Crippen MR) is 119 cm³/mol. The number of rotatable bonds is 5. The standard InChI is InChI=1S/C22H23N3O6S/c1-30-15-7-8-19(31-2)20(13-15)32(28,29)25-11-9-24(10-12-25)22(27)17-14-21(26)23-18-6-4-3-5-16(17)18/h3-8,13-14H,9-12H2,1-2H3,(H,23,26). The summed E-state index contributed by atoms with van der Waals surface area (Å²) in [6, 6.07) is 13.0. The van der Waals surface area contributed by atoms with Crippen molar-refractivity contribution in [1.29, 1.82) is 0 Å². The van der Waals surface area contributed by atoms with Crippen LogP contribution in [-0.4, -0.2) is 68.9 Å². The summed E-state index contributed by atoms with van der Waals surface area (Å²) in [5, 5.41) is 0.647. The van der Waals surface area contributed by atoms with Crippen LogP contribution in [0.4, 0.5) is 0 Å². The molecule has 0 bridgehead atoms. The van der Waals surface area contributed by atoms with Crippen LogP contribution >= 0.6 is 0 Å². The molecule has 1 fully saturated rings. The summed E-state index contributed by atoms with van der Waals surface area (Å²) in [7, 11) is -0.992. The number of aromatic amines is 1. The van der Waals surface area contributed by atoms with E-state index in [-0.39, 0.29) is 48.3 Å². The highest BCUT2D eigenvalue weighted by Crippen LogP contribution is 2.31. The number of pyridine rings is 1. The number of hydrogen-bond donors (Lipinski definition) is 1. The molecule has 2 aromatic carbocycles. The monoisotopic (exact) mass is 457 g/mol. The van der Waals surface area contributed by atoms with E-state index >= 15 is 0 Å². The van der Waals surface area contributed by atoms with Gasteiger partial charge in [-0.2, -0.15) is 4.31 Å². The summed E-state index contributed by atoms with van der Waals surface area (Å²) in [5.74, 6) is 0.321. The summed E-state index contributed by atoms with van der Waals surface area (Å²) in [6.07, 6.45) is 0. The fraction of sp³-hybridized carbons (Fsp3) is 0.273. The molecule has 1 N–H and O–H groups in total. The number of methoxy groups -OCH3 is 2. The Hall–Kier alpha value is -3.37. The third-order valence-corrected chi connectivity index (χ3v) is 7.42. The molecule has 1 aliphatic rings. The van der Waals surface area contributed by atoms with Crippen LogP contribution in [0.15, 0.2) is 58.2 Å². The molecule has 0 atom stereocenters. The van der Waals surface area contributed by atoms with Gasteiger partial charge in [0.05, 0.1) is 19.8 Å². The van der Waals surface area contributed by atoms with Crippen LogP contribution in [-0.2, 0) is 10.0 Å². The second kappa shape index (κ2) is 8.64. The first-order valence-electron chi connectivity index (χ1n) is 9.98. The van der Waals surface area contributed by atoms with Gasteiger partial charge >= 0.3 is 0 Å². The van der Waals surface area contributed by atoms with E-state index < -0.39 is 10.0 Å². The van der Waals surface area contributed by atoms with Crippen molar-refractivity contribution in [3.63, 3.8) is 0 Å². The number of fused-ring (bicyclic) bond motifs is 1. The van der Waals surface area contributed by atoms with E-state index in [1.807, 2.05) is 0 Å². The predicted octanol–water partition coefficient (Wildman–Crippen LogP) is 1.69. The van der Waals surface area contributed by atoms with Gasteiger partial charge in [-0.05, 0) is 18.2 Å². The first kappa shape index (κ1) is 21.8. The number of carbonyl (C=O) groups is 1. The first-order chi connectivity index (χ1) is 15.3. The molecule has 168 valence electrons. The lowest BCUT2D eigenvalue weighted by Gasteiger charge is -2.34. The number of sulfonamides is 1. The van der Waals surface area contributed by atoms with Gasteiger partial charge in [-0.3, -0.25) is 9.59 Å². The second-order valence-electron chi connectivity index (χ2n) is 7.31. The Morgan fingerprint density at radius 1 is 0.969 bits per heavy atom. The molecule has 4 rings (SSSR count). The number of amides is 1. The largest absolute Gasteiger partial charge is 0.497 e. The molecule has 1 aliphatic heterocycles. The number of ether oxygens (including phenoxy) is 2. The van der Waals surface area contributed by atoms with Crippen molar-refractivity contribution in [1.82, 2.24) is 14.2 Å². The number of carbonyl (C=O) groups excluding carboxylic acids is 1. The van der Waals surface area contributed by atoms with Crippen molar-refractivity contribution in [2.24, 2.45) is 0 Å². The minimum absolute atomic E-state index is 0.0136. The van der Waals surface area contributed by atoms with Crippen LogP contribution in [0.2, 0.25) is 0 Å². The molecule has 0 saturated carbocycles. The van der Waals surface area contributed by atoms with Gasteiger partial charge < -0.3 is 19.4 Å². The van der Waals surface area contributed by atoms with Gasteiger partial charge in [0.1, 0.15) is 16.4 Å². The van der Waals surface area contributed by atoms with Crippen LogP contribution in [0.5, 0.6) is 11.5 Å². The fourth-order valence-corrected chi connectivity index (χ4v) is 5.40. The highest BCUT2D eigenvalue weighted by molar-refractivity contribution is 7.89. The molecule has 32 heavy (non-hydrogen) atoms. The van der Waals surface area contributed by atoms with E-state index in [4.69, 9.17) is 9.47 Å². The lowest BCUT2D eigenvalue weighted by molar-refractivity contribution is 0.0699. The average molecular weight is 458 g/mol. The van der Waals surface area contributed by atoms with E-state index in [9.17, 15) is 18.0 Å². The Balaban J connectivity index is 1.56. The maximum atomic E-state index is 13.2. The zero-order valence-corrected chi connectivity index (χ0v) is 18.5. The van der Waals surface area contributed by atoms with Crippen molar-refractivity contribution >= 4 is 26.8 Å². The van der Waals surface area contributed by atoms with Crippen LogP contribution < -0.4 is 15.0 Å². The quantitative estimate of drug-likeness (QED) is 0.625. The molecule has 1 amide bonds. The van der Waals surface area contributed by atoms with Crippen molar-refractivity contribution < 1.29 is 22.7 Å². The van der Waals surface area contributed by atoms with E-state index in [1.165, 1.54) is 30.7 Å². The average Bonchev–Trinajstić information content (AvgIpc) is 2.82. The van der Waals surface area contributed by atoms with Crippen LogP contribution in [0.3, 0.4) is 0 Å². The minimum Gasteiger partial charge on any atom is -0.497 e. The van der Waals surface area contributed by atoms with Gasteiger partial charge in [0, 0.05) is 49.2 Å². The maximum absolute atomic E-state index is 13.2. The lowest BCUT2D eigenvalue weighted by atomic mass is 10.1. The third-order valence-electron chi connectivity index (χ3n) is 5.50. The maximum Gasteiger partial charge on any atom is 0.254 e. The molecule has 10 heteroatoms. The number of piperazine rings is 1. The van der Waals surface area contributed by atoms with Crippen LogP contribution in [0.25, 0.3) is 10.9 Å². The Labute approximate surface area is 185 Å². The number of hydrogen-bond acceptors (Lipinski definition) is 6. The molecular weight excluding hydrogens is 434 g/mol. The van der Waals surface area contributed by atoms with Gasteiger partial charge in [0.15, 0.2) is 0 Å². The molecule has 0 unspecified atom stereocenters. The number of nitrogens with zero attached hydrogens (tertiary/aromatic N) is 2. The SMILES string of the molecule is COc1ccc(OC)c(S(=O)(=O)N2CCN(C(=O)c3cc(=O)[nH]c4ccccc34)CC2)c1.